The Labute approximate surface area is 143 Å². The lowest BCUT2D eigenvalue weighted by atomic mass is 10.1. The number of primary amides is 1. The summed E-state index contributed by atoms with van der Waals surface area (Å²) in [6.07, 6.45) is 3.34. The zero-order valence-corrected chi connectivity index (χ0v) is 13.1. The number of nitrogens with two attached hydrogens (primary N) is 1. The molecule has 0 aliphatic carbocycles. The molecule has 0 bridgehead atoms. The number of carbonyl (C=O) groups is 1. The van der Waals surface area contributed by atoms with Gasteiger partial charge in [0.05, 0.1) is 23.1 Å². The van der Waals surface area contributed by atoms with E-state index in [4.69, 9.17) is 5.73 Å². The van der Waals surface area contributed by atoms with E-state index in [1.54, 1.807) is 30.7 Å². The van der Waals surface area contributed by atoms with E-state index >= 15 is 0 Å². The van der Waals surface area contributed by atoms with Gasteiger partial charge in [0.2, 0.25) is 11.9 Å². The third-order valence-electron chi connectivity index (χ3n) is 3.77. The molecule has 0 spiro atoms. The SMILES string of the molecule is NC(=O)c1cccc(Nc2nccc(-c3ccc4nc[nH]c4c3)n2)c1. The maximum Gasteiger partial charge on any atom is 0.248 e. The molecular weight excluding hydrogens is 316 g/mol. The Hall–Kier alpha value is -3.74. The number of benzene rings is 2. The second-order valence-corrected chi connectivity index (χ2v) is 5.47. The zero-order chi connectivity index (χ0) is 17.2. The molecule has 4 N–H and O–H groups in total. The van der Waals surface area contributed by atoms with Gasteiger partial charge in [-0.25, -0.2) is 15.0 Å². The Balaban J connectivity index is 1.65. The van der Waals surface area contributed by atoms with E-state index in [0.29, 0.717) is 17.2 Å². The fourth-order valence-electron chi connectivity index (χ4n) is 2.55. The van der Waals surface area contributed by atoms with Crippen molar-refractivity contribution in [2.24, 2.45) is 5.73 Å². The third kappa shape index (κ3) is 3.02. The minimum absolute atomic E-state index is 0.422. The quantitative estimate of drug-likeness (QED) is 0.533. The second kappa shape index (κ2) is 6.04. The van der Waals surface area contributed by atoms with E-state index < -0.39 is 5.91 Å². The number of hydrogen-bond acceptors (Lipinski definition) is 5. The maximum absolute atomic E-state index is 11.3. The van der Waals surface area contributed by atoms with Crippen LogP contribution < -0.4 is 11.1 Å². The zero-order valence-electron chi connectivity index (χ0n) is 13.1. The summed E-state index contributed by atoms with van der Waals surface area (Å²) in [4.78, 5) is 27.3. The highest BCUT2D eigenvalue weighted by atomic mass is 16.1. The lowest BCUT2D eigenvalue weighted by Gasteiger charge is -2.07. The van der Waals surface area contributed by atoms with Crippen LogP contribution in [-0.2, 0) is 0 Å². The smallest absolute Gasteiger partial charge is 0.248 e. The average Bonchev–Trinajstić information content (AvgIpc) is 3.10. The molecule has 25 heavy (non-hydrogen) atoms. The molecule has 0 atom stereocenters. The molecule has 0 saturated carbocycles. The van der Waals surface area contributed by atoms with Gasteiger partial charge in [0.15, 0.2) is 0 Å². The summed E-state index contributed by atoms with van der Waals surface area (Å²) in [5.74, 6) is -0.0463. The van der Waals surface area contributed by atoms with Crippen molar-refractivity contribution in [3.63, 3.8) is 0 Å². The number of anilines is 2. The summed E-state index contributed by atoms with van der Waals surface area (Å²) in [6, 6.07) is 14.6. The fourth-order valence-corrected chi connectivity index (χ4v) is 2.55. The standard InChI is InChI=1S/C18H14N6O/c19-17(25)12-2-1-3-13(8-12)23-18-20-7-6-14(24-18)11-4-5-15-16(9-11)22-10-21-15/h1-10H,(H2,19,25)(H,21,22)(H,20,23,24). The molecule has 0 aliphatic heterocycles. The minimum atomic E-state index is -0.480. The van der Waals surface area contributed by atoms with Crippen molar-refractivity contribution >= 4 is 28.6 Å². The minimum Gasteiger partial charge on any atom is -0.366 e. The number of rotatable bonds is 4. The lowest BCUT2D eigenvalue weighted by Crippen LogP contribution is -2.11. The Bertz CT molecular complexity index is 1070. The van der Waals surface area contributed by atoms with Gasteiger partial charge in [0.25, 0.3) is 0 Å². The van der Waals surface area contributed by atoms with Crippen LogP contribution in [0.4, 0.5) is 11.6 Å². The first-order valence-electron chi connectivity index (χ1n) is 7.62. The van der Waals surface area contributed by atoms with Crippen LogP contribution in [0.2, 0.25) is 0 Å². The molecule has 0 unspecified atom stereocenters. The van der Waals surface area contributed by atoms with E-state index in [1.807, 2.05) is 30.3 Å². The molecule has 0 saturated heterocycles. The first kappa shape index (κ1) is 14.8. The van der Waals surface area contributed by atoms with Crippen molar-refractivity contribution in [1.82, 2.24) is 19.9 Å². The van der Waals surface area contributed by atoms with Gasteiger partial charge >= 0.3 is 0 Å². The number of H-pyrrole nitrogens is 1. The highest BCUT2D eigenvalue weighted by Crippen LogP contribution is 2.22. The summed E-state index contributed by atoms with van der Waals surface area (Å²) in [5.41, 5.74) is 10.00. The summed E-state index contributed by atoms with van der Waals surface area (Å²) >= 11 is 0. The van der Waals surface area contributed by atoms with Crippen LogP contribution in [0.3, 0.4) is 0 Å². The van der Waals surface area contributed by atoms with E-state index in [2.05, 4.69) is 25.3 Å². The normalized spacial score (nSPS) is 10.7. The molecule has 0 radical (unpaired) electrons. The number of carbonyl (C=O) groups excluding carboxylic acids is 1. The lowest BCUT2D eigenvalue weighted by molar-refractivity contribution is 0.100. The largest absolute Gasteiger partial charge is 0.366 e. The third-order valence-corrected chi connectivity index (χ3v) is 3.77. The van der Waals surface area contributed by atoms with Gasteiger partial charge in [0, 0.05) is 23.0 Å². The first-order valence-corrected chi connectivity index (χ1v) is 7.62. The summed E-state index contributed by atoms with van der Waals surface area (Å²) in [6.45, 7) is 0. The molecule has 2 heterocycles. The van der Waals surface area contributed by atoms with Crippen LogP contribution in [0.25, 0.3) is 22.3 Å². The number of hydrogen-bond donors (Lipinski definition) is 3. The molecule has 7 nitrogen and oxygen atoms in total. The van der Waals surface area contributed by atoms with Gasteiger partial charge in [-0.3, -0.25) is 4.79 Å². The monoisotopic (exact) mass is 330 g/mol. The van der Waals surface area contributed by atoms with Crippen LogP contribution in [0.5, 0.6) is 0 Å². The molecule has 0 aliphatic rings. The highest BCUT2D eigenvalue weighted by Gasteiger charge is 2.06. The predicted molar refractivity (Wildman–Crippen MR) is 95.4 cm³/mol. The van der Waals surface area contributed by atoms with Crippen LogP contribution in [0.15, 0.2) is 61.1 Å². The van der Waals surface area contributed by atoms with Crippen LogP contribution >= 0.6 is 0 Å². The number of amides is 1. The molecule has 4 aromatic rings. The topological polar surface area (TPSA) is 110 Å². The second-order valence-electron chi connectivity index (χ2n) is 5.47. The average molecular weight is 330 g/mol. The van der Waals surface area contributed by atoms with Gasteiger partial charge in [0.1, 0.15) is 0 Å². The molecule has 0 fully saturated rings. The van der Waals surface area contributed by atoms with E-state index in [0.717, 1.165) is 22.3 Å². The van der Waals surface area contributed by atoms with Gasteiger partial charge in [-0.1, -0.05) is 12.1 Å². The van der Waals surface area contributed by atoms with Gasteiger partial charge < -0.3 is 16.0 Å². The molecule has 1 amide bonds. The van der Waals surface area contributed by atoms with E-state index in [9.17, 15) is 4.79 Å². The van der Waals surface area contributed by atoms with Gasteiger partial charge in [-0.15, -0.1) is 0 Å². The molecule has 4 rings (SSSR count). The Morgan fingerprint density at radius 3 is 2.88 bits per heavy atom. The molecule has 2 aromatic carbocycles. The Kier molecular flexibility index (Phi) is 3.59. The summed E-state index contributed by atoms with van der Waals surface area (Å²) < 4.78 is 0. The Morgan fingerprint density at radius 1 is 1.08 bits per heavy atom. The fraction of sp³-hybridized carbons (Fsp3) is 0. The molecule has 2 aromatic heterocycles. The Morgan fingerprint density at radius 2 is 2.00 bits per heavy atom. The number of aromatic nitrogens is 4. The summed E-state index contributed by atoms with van der Waals surface area (Å²) in [7, 11) is 0. The van der Waals surface area contributed by atoms with Crippen LogP contribution in [-0.4, -0.2) is 25.8 Å². The molecule has 7 heteroatoms. The van der Waals surface area contributed by atoms with E-state index in [1.165, 1.54) is 0 Å². The van der Waals surface area contributed by atoms with Crippen molar-refractivity contribution < 1.29 is 4.79 Å². The van der Waals surface area contributed by atoms with Crippen molar-refractivity contribution in [1.29, 1.82) is 0 Å². The number of nitrogens with one attached hydrogen (secondary N) is 2. The number of aromatic amines is 1. The predicted octanol–water partition coefficient (Wildman–Crippen LogP) is 2.86. The van der Waals surface area contributed by atoms with Gasteiger partial charge in [-0.05, 0) is 36.4 Å². The highest BCUT2D eigenvalue weighted by molar-refractivity contribution is 5.93. The number of nitrogens with zero attached hydrogens (tertiary/aromatic N) is 3. The van der Waals surface area contributed by atoms with Crippen molar-refractivity contribution in [3.05, 3.63) is 66.6 Å². The van der Waals surface area contributed by atoms with Crippen LogP contribution in [0, 0.1) is 0 Å². The number of imidazole rings is 1. The number of fused-ring (bicyclic) bond motifs is 1. The van der Waals surface area contributed by atoms with Crippen LogP contribution in [0.1, 0.15) is 10.4 Å². The summed E-state index contributed by atoms with van der Waals surface area (Å²) in [5, 5.41) is 3.09. The van der Waals surface area contributed by atoms with Crippen molar-refractivity contribution in [2.75, 3.05) is 5.32 Å². The van der Waals surface area contributed by atoms with Crippen molar-refractivity contribution in [2.45, 2.75) is 0 Å². The maximum atomic E-state index is 11.3. The van der Waals surface area contributed by atoms with Gasteiger partial charge in [-0.2, -0.15) is 0 Å². The van der Waals surface area contributed by atoms with Crippen molar-refractivity contribution in [3.8, 4) is 11.3 Å². The molecular formula is C18H14N6O. The first-order chi connectivity index (χ1) is 12.2. The van der Waals surface area contributed by atoms with E-state index in [-0.39, 0.29) is 0 Å². The molecule has 122 valence electrons.